The molecule has 3 aliphatic heterocycles. The fourth-order valence-corrected chi connectivity index (χ4v) is 5.82. The molecule has 0 saturated carbocycles. The summed E-state index contributed by atoms with van der Waals surface area (Å²) in [5, 5.41) is 0. The van der Waals surface area contributed by atoms with Gasteiger partial charge in [-0.15, -0.1) is 0 Å². The second-order valence-electron chi connectivity index (χ2n) is 9.04. The fraction of sp³-hybridized carbons (Fsp3) is 0.542. The van der Waals surface area contributed by atoms with E-state index in [4.69, 9.17) is 0 Å². The molecule has 0 unspecified atom stereocenters. The van der Waals surface area contributed by atoms with Crippen LogP contribution in [-0.2, 0) is 10.2 Å². The lowest BCUT2D eigenvalue weighted by atomic mass is 9.67. The van der Waals surface area contributed by atoms with Gasteiger partial charge in [-0.05, 0) is 56.8 Å². The van der Waals surface area contributed by atoms with Crippen LogP contribution in [0.5, 0.6) is 0 Å². The van der Waals surface area contributed by atoms with E-state index in [2.05, 4.69) is 44.0 Å². The number of piperidine rings is 2. The summed E-state index contributed by atoms with van der Waals surface area (Å²) in [6, 6.07) is 9.26. The van der Waals surface area contributed by atoms with E-state index in [1.54, 1.807) is 19.3 Å². The molecule has 0 atom stereocenters. The first kappa shape index (κ1) is 19.5. The summed E-state index contributed by atoms with van der Waals surface area (Å²) in [4.78, 5) is 27.8. The maximum Gasteiger partial charge on any atom is 0.223 e. The maximum atomic E-state index is 12.1. The van der Waals surface area contributed by atoms with E-state index < -0.39 is 0 Å². The Labute approximate surface area is 178 Å². The summed E-state index contributed by atoms with van der Waals surface area (Å²) in [6.45, 7) is 6.96. The number of benzene rings is 1. The van der Waals surface area contributed by atoms with Crippen molar-refractivity contribution in [2.24, 2.45) is 0 Å². The highest BCUT2D eigenvalue weighted by atomic mass is 16.2. The van der Waals surface area contributed by atoms with Crippen LogP contribution in [-0.4, -0.2) is 59.5 Å². The van der Waals surface area contributed by atoms with Crippen LogP contribution in [0.25, 0.3) is 0 Å². The summed E-state index contributed by atoms with van der Waals surface area (Å²) in [5.41, 5.74) is 2.77. The molecule has 1 amide bonds. The van der Waals surface area contributed by atoms with Crippen LogP contribution in [0.1, 0.15) is 44.6 Å². The second-order valence-corrected chi connectivity index (χ2v) is 9.04. The molecule has 1 aromatic heterocycles. The zero-order chi connectivity index (χ0) is 20.6. The minimum absolute atomic E-state index is 0.157. The molecular weight excluding hydrogens is 374 g/mol. The number of carbonyl (C=O) groups is 1. The quantitative estimate of drug-likeness (QED) is 0.768. The van der Waals surface area contributed by atoms with Gasteiger partial charge in [0.25, 0.3) is 0 Å². The second kappa shape index (κ2) is 7.99. The average Bonchev–Trinajstić information content (AvgIpc) is 2.81. The molecule has 0 radical (unpaired) electrons. The number of nitrogens with zero attached hydrogens (tertiary/aromatic N) is 5. The van der Waals surface area contributed by atoms with E-state index in [0.29, 0.717) is 6.04 Å². The van der Waals surface area contributed by atoms with Crippen LogP contribution >= 0.6 is 0 Å². The highest BCUT2D eigenvalue weighted by Crippen LogP contribution is 2.47. The number of hydrogen-bond acceptors (Lipinski definition) is 5. The number of carbonyl (C=O) groups excluding carboxylic acids is 1. The van der Waals surface area contributed by atoms with E-state index in [0.717, 1.165) is 50.6 Å². The van der Waals surface area contributed by atoms with E-state index in [-0.39, 0.29) is 11.3 Å². The lowest BCUT2D eigenvalue weighted by molar-refractivity contribution is -0.116. The molecule has 2 fully saturated rings. The molecule has 6 heteroatoms. The van der Waals surface area contributed by atoms with Crippen LogP contribution in [0.15, 0.2) is 42.9 Å². The van der Waals surface area contributed by atoms with Crippen LogP contribution in [0.3, 0.4) is 0 Å². The molecule has 0 bridgehead atoms. The predicted molar refractivity (Wildman–Crippen MR) is 119 cm³/mol. The van der Waals surface area contributed by atoms with Crippen LogP contribution in [0.2, 0.25) is 0 Å². The van der Waals surface area contributed by atoms with Gasteiger partial charge in [-0.25, -0.2) is 4.98 Å². The molecule has 5 rings (SSSR count). The van der Waals surface area contributed by atoms with E-state index in [9.17, 15) is 4.79 Å². The van der Waals surface area contributed by atoms with Crippen molar-refractivity contribution >= 4 is 17.4 Å². The third kappa shape index (κ3) is 3.47. The molecule has 0 N–H and O–H groups in total. The summed E-state index contributed by atoms with van der Waals surface area (Å²) in [5.74, 6) is 1.16. The molecule has 6 nitrogen and oxygen atoms in total. The third-order valence-corrected chi connectivity index (χ3v) is 7.57. The van der Waals surface area contributed by atoms with Gasteiger partial charge in [0.15, 0.2) is 0 Å². The smallest absolute Gasteiger partial charge is 0.223 e. The Kier molecular flexibility index (Phi) is 5.19. The third-order valence-electron chi connectivity index (χ3n) is 7.57. The molecule has 30 heavy (non-hydrogen) atoms. The van der Waals surface area contributed by atoms with Crippen molar-refractivity contribution in [1.82, 2.24) is 14.9 Å². The van der Waals surface area contributed by atoms with Crippen molar-refractivity contribution in [1.29, 1.82) is 0 Å². The maximum absolute atomic E-state index is 12.1. The summed E-state index contributed by atoms with van der Waals surface area (Å²) >= 11 is 0. The average molecular weight is 406 g/mol. The number of rotatable bonds is 2. The van der Waals surface area contributed by atoms with Gasteiger partial charge >= 0.3 is 0 Å². The summed E-state index contributed by atoms with van der Waals surface area (Å²) < 4.78 is 0. The van der Waals surface area contributed by atoms with Crippen LogP contribution in [0.4, 0.5) is 11.5 Å². The highest BCUT2D eigenvalue weighted by Gasteiger charge is 2.43. The molecular formula is C24H31N5O. The first-order valence-electron chi connectivity index (χ1n) is 11.3. The Hall–Kier alpha value is -2.47. The van der Waals surface area contributed by atoms with Crippen molar-refractivity contribution in [3.63, 3.8) is 0 Å². The van der Waals surface area contributed by atoms with E-state index >= 15 is 0 Å². The first-order chi connectivity index (χ1) is 14.7. The first-order valence-corrected chi connectivity index (χ1v) is 11.3. The summed E-state index contributed by atoms with van der Waals surface area (Å²) in [7, 11) is 0. The van der Waals surface area contributed by atoms with Gasteiger partial charge in [0.2, 0.25) is 5.91 Å². The monoisotopic (exact) mass is 405 g/mol. The Morgan fingerprint density at radius 2 is 1.73 bits per heavy atom. The van der Waals surface area contributed by atoms with E-state index in [1.165, 1.54) is 31.2 Å². The molecule has 1 aromatic carbocycles. The zero-order valence-corrected chi connectivity index (χ0v) is 17.8. The molecule has 2 aromatic rings. The van der Waals surface area contributed by atoms with Gasteiger partial charge in [0.1, 0.15) is 5.82 Å². The topological polar surface area (TPSA) is 52.6 Å². The minimum Gasteiger partial charge on any atom is -0.355 e. The largest absolute Gasteiger partial charge is 0.355 e. The van der Waals surface area contributed by atoms with Gasteiger partial charge in [0.05, 0.1) is 6.20 Å². The van der Waals surface area contributed by atoms with Crippen molar-refractivity contribution in [3.8, 4) is 0 Å². The van der Waals surface area contributed by atoms with Crippen molar-refractivity contribution in [3.05, 3.63) is 48.4 Å². The van der Waals surface area contributed by atoms with Crippen molar-refractivity contribution in [2.75, 3.05) is 42.5 Å². The lowest BCUT2D eigenvalue weighted by Gasteiger charge is -2.50. The minimum atomic E-state index is 0.157. The van der Waals surface area contributed by atoms with Gasteiger partial charge in [-0.2, -0.15) is 0 Å². The molecule has 1 spiro atoms. The van der Waals surface area contributed by atoms with Crippen molar-refractivity contribution in [2.45, 2.75) is 50.5 Å². The number of fused-ring (bicyclic) bond motifs is 2. The summed E-state index contributed by atoms with van der Waals surface area (Å²) in [6.07, 6.45) is 11.2. The Morgan fingerprint density at radius 3 is 2.43 bits per heavy atom. The van der Waals surface area contributed by atoms with Gasteiger partial charge in [0, 0.05) is 56.1 Å². The predicted octanol–water partition coefficient (Wildman–Crippen LogP) is 3.24. The van der Waals surface area contributed by atoms with Crippen molar-refractivity contribution < 1.29 is 4.79 Å². The number of amides is 1. The number of para-hydroxylation sites is 1. The zero-order valence-electron chi connectivity index (χ0n) is 17.8. The molecule has 158 valence electrons. The standard InChI is InChI=1S/C24H31N5O/c1-19(30)29-17-10-24(21-4-2-3-5-22(21)29)8-15-27(16-9-24)20-6-13-28(14-7-20)23-18-25-11-12-26-23/h2-5,11-12,18,20H,6-10,13-17H2,1H3. The van der Waals surface area contributed by atoms with Gasteiger partial charge in [-0.1, -0.05) is 18.2 Å². The lowest BCUT2D eigenvalue weighted by Crippen LogP contribution is -2.53. The Morgan fingerprint density at radius 1 is 1.00 bits per heavy atom. The normalized spacial score (nSPS) is 22.2. The van der Waals surface area contributed by atoms with Crippen LogP contribution in [0, 0.1) is 0 Å². The van der Waals surface area contributed by atoms with Gasteiger partial charge in [-0.3, -0.25) is 9.78 Å². The Balaban J connectivity index is 1.24. The number of aromatic nitrogens is 2. The number of anilines is 2. The highest BCUT2D eigenvalue weighted by molar-refractivity contribution is 5.93. The fourth-order valence-electron chi connectivity index (χ4n) is 5.82. The Bertz CT molecular complexity index is 885. The number of likely N-dealkylation sites (tertiary alicyclic amines) is 1. The van der Waals surface area contributed by atoms with Crippen LogP contribution < -0.4 is 9.80 Å². The SMILES string of the molecule is CC(=O)N1CCC2(CCN(C3CCN(c4cnccn4)CC3)CC2)c2ccccc21. The van der Waals surface area contributed by atoms with E-state index in [1.807, 2.05) is 11.1 Å². The van der Waals surface area contributed by atoms with Gasteiger partial charge < -0.3 is 14.7 Å². The molecule has 4 heterocycles. The molecule has 0 aliphatic carbocycles. The molecule has 2 saturated heterocycles. The molecule has 3 aliphatic rings. The number of hydrogen-bond donors (Lipinski definition) is 0.